The lowest BCUT2D eigenvalue weighted by molar-refractivity contribution is -0.128. The minimum absolute atomic E-state index is 0.0950. The highest BCUT2D eigenvalue weighted by atomic mass is 16.2. The van der Waals surface area contributed by atoms with E-state index in [1.807, 2.05) is 68.5 Å². The van der Waals surface area contributed by atoms with Crippen LogP contribution in [0.25, 0.3) is 17.0 Å². The lowest BCUT2D eigenvalue weighted by atomic mass is 10.1. The van der Waals surface area contributed by atoms with Gasteiger partial charge in [0.15, 0.2) is 0 Å². The third kappa shape index (κ3) is 3.88. The fraction of sp³-hybridized carbons (Fsp3) is 0.261. The summed E-state index contributed by atoms with van der Waals surface area (Å²) in [5, 5.41) is 0.585. The van der Waals surface area contributed by atoms with Gasteiger partial charge in [0.25, 0.3) is 5.56 Å². The van der Waals surface area contributed by atoms with E-state index in [0.29, 0.717) is 29.7 Å². The molecule has 0 aliphatic heterocycles. The summed E-state index contributed by atoms with van der Waals surface area (Å²) in [4.78, 5) is 32.2. The van der Waals surface area contributed by atoms with Crippen LogP contribution < -0.4 is 5.56 Å². The Morgan fingerprint density at radius 2 is 1.79 bits per heavy atom. The first-order valence-corrected chi connectivity index (χ1v) is 9.56. The molecule has 0 N–H and O–H groups in total. The van der Waals surface area contributed by atoms with Gasteiger partial charge < -0.3 is 4.90 Å². The summed E-state index contributed by atoms with van der Waals surface area (Å²) >= 11 is 0. The molecule has 1 heterocycles. The zero-order chi connectivity index (χ0) is 20.1. The molecule has 144 valence electrons. The summed E-state index contributed by atoms with van der Waals surface area (Å²) in [5.41, 5.74) is 1.53. The highest BCUT2D eigenvalue weighted by Gasteiger charge is 2.25. The fourth-order valence-corrected chi connectivity index (χ4v) is 3.43. The number of hydrogen-bond donors (Lipinski definition) is 0. The number of benzene rings is 2. The van der Waals surface area contributed by atoms with Crippen LogP contribution in [-0.2, 0) is 11.8 Å². The zero-order valence-corrected chi connectivity index (χ0v) is 16.5. The van der Waals surface area contributed by atoms with Gasteiger partial charge in [0.05, 0.1) is 16.9 Å². The van der Waals surface area contributed by atoms with Gasteiger partial charge in [-0.25, -0.2) is 4.98 Å². The summed E-state index contributed by atoms with van der Waals surface area (Å²) in [7, 11) is 1.72. The Labute approximate surface area is 164 Å². The summed E-state index contributed by atoms with van der Waals surface area (Å²) in [6, 6.07) is 16.7. The monoisotopic (exact) mass is 375 g/mol. The van der Waals surface area contributed by atoms with Crippen LogP contribution in [0, 0.1) is 0 Å². The van der Waals surface area contributed by atoms with E-state index in [9.17, 15) is 9.59 Å². The molecule has 1 unspecified atom stereocenters. The second-order valence-electron chi connectivity index (χ2n) is 6.64. The van der Waals surface area contributed by atoms with Crippen molar-refractivity contribution in [2.24, 2.45) is 7.05 Å². The molecule has 0 spiro atoms. The molecule has 0 fully saturated rings. The highest BCUT2D eigenvalue weighted by molar-refractivity contribution is 5.92. The van der Waals surface area contributed by atoms with Gasteiger partial charge in [0.1, 0.15) is 5.82 Å². The predicted molar refractivity (Wildman–Crippen MR) is 113 cm³/mol. The smallest absolute Gasteiger partial charge is 0.261 e. The molecule has 0 aliphatic carbocycles. The summed E-state index contributed by atoms with van der Waals surface area (Å²) in [6.45, 7) is 4.47. The number of rotatable bonds is 6. The van der Waals surface area contributed by atoms with Crippen molar-refractivity contribution in [1.29, 1.82) is 0 Å². The molecule has 0 saturated carbocycles. The van der Waals surface area contributed by atoms with Crippen molar-refractivity contribution in [3.63, 3.8) is 0 Å². The fourth-order valence-electron chi connectivity index (χ4n) is 3.43. The molecule has 3 rings (SSSR count). The standard InChI is InChI=1S/C23H25N3O2/c1-4-20(22-24-19-14-10-9-13-18(19)23(28)25(22)3)26(5-2)21(27)16-15-17-11-7-6-8-12-17/h6-16,20H,4-5H2,1-3H3/b16-15+. The van der Waals surface area contributed by atoms with Gasteiger partial charge in [-0.1, -0.05) is 49.4 Å². The molecule has 1 amide bonds. The van der Waals surface area contributed by atoms with Gasteiger partial charge >= 0.3 is 0 Å². The van der Waals surface area contributed by atoms with Crippen LogP contribution in [0.1, 0.15) is 37.7 Å². The number of hydrogen-bond acceptors (Lipinski definition) is 3. The maximum absolute atomic E-state index is 12.9. The molecule has 5 nitrogen and oxygen atoms in total. The number of fused-ring (bicyclic) bond motifs is 1. The minimum Gasteiger partial charge on any atom is -0.329 e. The van der Waals surface area contributed by atoms with E-state index < -0.39 is 0 Å². The van der Waals surface area contributed by atoms with Crippen LogP contribution in [-0.4, -0.2) is 26.9 Å². The minimum atomic E-state index is -0.278. The van der Waals surface area contributed by atoms with Crippen molar-refractivity contribution < 1.29 is 4.79 Å². The maximum atomic E-state index is 12.9. The number of para-hydroxylation sites is 1. The Morgan fingerprint density at radius 1 is 1.11 bits per heavy atom. The molecular weight excluding hydrogens is 350 g/mol. The number of aromatic nitrogens is 2. The lowest BCUT2D eigenvalue weighted by Crippen LogP contribution is -2.37. The van der Waals surface area contributed by atoms with Gasteiger partial charge in [-0.15, -0.1) is 0 Å². The van der Waals surface area contributed by atoms with Crippen LogP contribution >= 0.6 is 0 Å². The molecule has 3 aromatic rings. The Hall–Kier alpha value is -3.21. The lowest BCUT2D eigenvalue weighted by Gasteiger charge is -2.30. The van der Waals surface area contributed by atoms with Gasteiger partial charge in [0, 0.05) is 19.7 Å². The normalized spacial score (nSPS) is 12.4. The van der Waals surface area contributed by atoms with Gasteiger partial charge in [-0.05, 0) is 37.1 Å². The Bertz CT molecular complexity index is 1050. The van der Waals surface area contributed by atoms with Crippen molar-refractivity contribution in [3.8, 4) is 0 Å². The molecule has 1 aromatic heterocycles. The number of carbonyl (C=O) groups excluding carboxylic acids is 1. The highest BCUT2D eigenvalue weighted by Crippen LogP contribution is 2.23. The second-order valence-corrected chi connectivity index (χ2v) is 6.64. The van der Waals surface area contributed by atoms with Crippen LogP contribution in [0.4, 0.5) is 0 Å². The molecule has 2 aromatic carbocycles. The molecule has 0 radical (unpaired) electrons. The summed E-state index contributed by atoms with van der Waals surface area (Å²) in [5.74, 6) is 0.509. The first-order valence-electron chi connectivity index (χ1n) is 9.56. The molecular formula is C23H25N3O2. The Balaban J connectivity index is 1.98. The van der Waals surface area contributed by atoms with E-state index in [1.54, 1.807) is 28.7 Å². The van der Waals surface area contributed by atoms with Crippen LogP contribution in [0.15, 0.2) is 65.5 Å². The quantitative estimate of drug-likeness (QED) is 0.613. The van der Waals surface area contributed by atoms with Crippen molar-refractivity contribution in [3.05, 3.63) is 82.4 Å². The van der Waals surface area contributed by atoms with Crippen molar-refractivity contribution in [1.82, 2.24) is 14.5 Å². The van der Waals surface area contributed by atoms with E-state index in [4.69, 9.17) is 4.98 Å². The van der Waals surface area contributed by atoms with E-state index in [0.717, 1.165) is 5.56 Å². The Kier molecular flexibility index (Phi) is 6.04. The first kappa shape index (κ1) is 19.5. The number of likely N-dealkylation sites (N-methyl/N-ethyl adjacent to an activating group) is 1. The van der Waals surface area contributed by atoms with Gasteiger partial charge in [0.2, 0.25) is 5.91 Å². The maximum Gasteiger partial charge on any atom is 0.261 e. The number of carbonyl (C=O) groups is 1. The molecule has 1 atom stereocenters. The topological polar surface area (TPSA) is 55.2 Å². The largest absolute Gasteiger partial charge is 0.329 e. The average molecular weight is 375 g/mol. The molecule has 0 aliphatic rings. The average Bonchev–Trinajstić information content (AvgIpc) is 2.74. The summed E-state index contributed by atoms with van der Waals surface area (Å²) < 4.78 is 1.56. The van der Waals surface area contributed by atoms with Gasteiger partial charge in [-0.3, -0.25) is 14.2 Å². The third-order valence-electron chi connectivity index (χ3n) is 4.92. The third-order valence-corrected chi connectivity index (χ3v) is 4.92. The molecule has 5 heteroatoms. The van der Waals surface area contributed by atoms with Gasteiger partial charge in [-0.2, -0.15) is 0 Å². The predicted octanol–water partition coefficient (Wildman–Crippen LogP) is 3.95. The zero-order valence-electron chi connectivity index (χ0n) is 16.5. The van der Waals surface area contributed by atoms with E-state index in [-0.39, 0.29) is 17.5 Å². The second kappa shape index (κ2) is 8.65. The van der Waals surface area contributed by atoms with Crippen molar-refractivity contribution >= 4 is 22.9 Å². The Morgan fingerprint density at radius 3 is 2.46 bits per heavy atom. The number of amides is 1. The van der Waals surface area contributed by atoms with Crippen LogP contribution in [0.3, 0.4) is 0 Å². The van der Waals surface area contributed by atoms with E-state index in [1.165, 1.54) is 0 Å². The molecule has 0 bridgehead atoms. The SMILES string of the molecule is CCC(c1nc2ccccc2c(=O)n1C)N(CC)C(=O)/C=C/c1ccccc1. The van der Waals surface area contributed by atoms with Crippen molar-refractivity contribution in [2.75, 3.05) is 6.54 Å². The first-order chi connectivity index (χ1) is 13.6. The van der Waals surface area contributed by atoms with E-state index in [2.05, 4.69) is 0 Å². The van der Waals surface area contributed by atoms with Crippen LogP contribution in [0.2, 0.25) is 0 Å². The van der Waals surface area contributed by atoms with Crippen molar-refractivity contribution in [2.45, 2.75) is 26.3 Å². The summed E-state index contributed by atoms with van der Waals surface area (Å²) in [6.07, 6.45) is 4.06. The molecule has 0 saturated heterocycles. The number of nitrogens with zero attached hydrogens (tertiary/aromatic N) is 3. The van der Waals surface area contributed by atoms with Crippen LogP contribution in [0.5, 0.6) is 0 Å². The molecule has 28 heavy (non-hydrogen) atoms. The van der Waals surface area contributed by atoms with E-state index >= 15 is 0 Å².